The van der Waals surface area contributed by atoms with Gasteiger partial charge in [-0.1, -0.05) is 0 Å². The molecule has 0 N–H and O–H groups in total. The summed E-state index contributed by atoms with van der Waals surface area (Å²) in [6, 6.07) is 3.88. The van der Waals surface area contributed by atoms with E-state index in [4.69, 9.17) is 4.98 Å². The second kappa shape index (κ2) is 7.95. The predicted molar refractivity (Wildman–Crippen MR) is 108 cm³/mol. The van der Waals surface area contributed by atoms with Gasteiger partial charge in [-0.05, 0) is 13.0 Å². The molecule has 9 heteroatoms. The van der Waals surface area contributed by atoms with Crippen LogP contribution in [0, 0.1) is 6.92 Å². The second-order valence-corrected chi connectivity index (χ2v) is 7.18. The van der Waals surface area contributed by atoms with Gasteiger partial charge in [0.25, 0.3) is 0 Å². The Morgan fingerprint density at radius 3 is 2.04 bits per heavy atom. The normalized spacial score (nSPS) is 17.8. The van der Waals surface area contributed by atoms with E-state index in [2.05, 4.69) is 29.7 Å². The lowest BCUT2D eigenvalue weighted by atomic mass is 10.3. The van der Waals surface area contributed by atoms with Gasteiger partial charge < -0.3 is 19.6 Å². The lowest BCUT2D eigenvalue weighted by Gasteiger charge is -2.37. The third-order valence-corrected chi connectivity index (χ3v) is 5.28. The molecule has 9 nitrogen and oxygen atoms in total. The lowest BCUT2D eigenvalue weighted by molar-refractivity contribution is -0.129. The van der Waals surface area contributed by atoms with E-state index >= 15 is 0 Å². The molecule has 1 amide bonds. The number of piperazine rings is 2. The van der Waals surface area contributed by atoms with Gasteiger partial charge in [0.05, 0.1) is 0 Å². The fourth-order valence-electron chi connectivity index (χ4n) is 3.65. The standard InChI is InChI=1S/C19H26N8O/c1-15-14-17(23-19(22-15)27-10-6-24(7-11-27)16(2)28)25-8-12-26(13-9-25)18-20-4-3-5-21-18/h3-5,14H,6-13H2,1-2H3. The molecule has 2 fully saturated rings. The number of aromatic nitrogens is 4. The molecule has 4 heterocycles. The summed E-state index contributed by atoms with van der Waals surface area (Å²) in [5.74, 6) is 2.63. The molecule has 2 aliphatic rings. The van der Waals surface area contributed by atoms with Crippen LogP contribution in [0.5, 0.6) is 0 Å². The molecule has 0 aromatic carbocycles. The Kier molecular flexibility index (Phi) is 5.23. The molecule has 0 aliphatic carbocycles. The van der Waals surface area contributed by atoms with Crippen LogP contribution in [0.2, 0.25) is 0 Å². The summed E-state index contributed by atoms with van der Waals surface area (Å²) < 4.78 is 0. The quantitative estimate of drug-likeness (QED) is 0.762. The van der Waals surface area contributed by atoms with Crippen molar-refractivity contribution in [2.45, 2.75) is 13.8 Å². The van der Waals surface area contributed by atoms with E-state index in [1.807, 2.05) is 24.0 Å². The molecule has 0 atom stereocenters. The van der Waals surface area contributed by atoms with Crippen molar-refractivity contribution < 1.29 is 4.79 Å². The Labute approximate surface area is 165 Å². The van der Waals surface area contributed by atoms with Crippen LogP contribution >= 0.6 is 0 Å². The van der Waals surface area contributed by atoms with Gasteiger partial charge in [-0.3, -0.25) is 4.79 Å². The summed E-state index contributed by atoms with van der Waals surface area (Å²) >= 11 is 0. The summed E-state index contributed by atoms with van der Waals surface area (Å²) in [6.07, 6.45) is 3.56. The minimum Gasteiger partial charge on any atom is -0.353 e. The van der Waals surface area contributed by atoms with Crippen LogP contribution < -0.4 is 14.7 Å². The van der Waals surface area contributed by atoms with Crippen LogP contribution in [-0.4, -0.2) is 83.1 Å². The fraction of sp³-hybridized carbons (Fsp3) is 0.526. The summed E-state index contributed by atoms with van der Waals surface area (Å²) in [6.45, 7) is 10.1. The highest BCUT2D eigenvalue weighted by Gasteiger charge is 2.24. The Hall–Kier alpha value is -2.97. The number of aryl methyl sites for hydroxylation is 1. The first-order valence-corrected chi connectivity index (χ1v) is 9.73. The number of nitrogens with zero attached hydrogens (tertiary/aromatic N) is 8. The molecule has 2 saturated heterocycles. The van der Waals surface area contributed by atoms with E-state index in [0.29, 0.717) is 0 Å². The molecule has 28 heavy (non-hydrogen) atoms. The van der Waals surface area contributed by atoms with Crippen molar-refractivity contribution in [3.8, 4) is 0 Å². The van der Waals surface area contributed by atoms with Crippen LogP contribution in [0.25, 0.3) is 0 Å². The molecular formula is C19H26N8O. The SMILES string of the molecule is CC(=O)N1CCN(c2nc(C)cc(N3CCN(c4ncccn4)CC3)n2)CC1. The number of carbonyl (C=O) groups excluding carboxylic acids is 1. The van der Waals surface area contributed by atoms with Crippen molar-refractivity contribution in [1.29, 1.82) is 0 Å². The molecule has 2 aromatic heterocycles. The second-order valence-electron chi connectivity index (χ2n) is 7.18. The van der Waals surface area contributed by atoms with Crippen LogP contribution in [0.4, 0.5) is 17.7 Å². The minimum absolute atomic E-state index is 0.130. The monoisotopic (exact) mass is 382 g/mol. The topological polar surface area (TPSA) is 81.6 Å². The maximum Gasteiger partial charge on any atom is 0.227 e. The molecule has 0 unspecified atom stereocenters. The van der Waals surface area contributed by atoms with E-state index in [1.165, 1.54) is 0 Å². The van der Waals surface area contributed by atoms with Gasteiger partial charge in [0.15, 0.2) is 0 Å². The van der Waals surface area contributed by atoms with Crippen molar-refractivity contribution in [3.63, 3.8) is 0 Å². The predicted octanol–water partition coefficient (Wildman–Crippen LogP) is 0.570. The number of hydrogen-bond donors (Lipinski definition) is 0. The highest BCUT2D eigenvalue weighted by molar-refractivity contribution is 5.73. The number of amides is 1. The van der Waals surface area contributed by atoms with Gasteiger partial charge in [0.2, 0.25) is 17.8 Å². The van der Waals surface area contributed by atoms with Crippen molar-refractivity contribution in [2.75, 3.05) is 67.1 Å². The summed E-state index contributed by atoms with van der Waals surface area (Å²) in [7, 11) is 0. The van der Waals surface area contributed by atoms with Gasteiger partial charge in [-0.15, -0.1) is 0 Å². The van der Waals surface area contributed by atoms with Crippen molar-refractivity contribution in [3.05, 3.63) is 30.2 Å². The Morgan fingerprint density at radius 2 is 1.39 bits per heavy atom. The summed E-state index contributed by atoms with van der Waals surface area (Å²) in [5, 5.41) is 0. The third-order valence-electron chi connectivity index (χ3n) is 5.28. The number of carbonyl (C=O) groups is 1. The Morgan fingerprint density at radius 1 is 0.821 bits per heavy atom. The molecule has 148 valence electrons. The van der Waals surface area contributed by atoms with Gasteiger partial charge in [-0.2, -0.15) is 4.98 Å². The molecule has 4 rings (SSSR count). The molecule has 2 aliphatic heterocycles. The summed E-state index contributed by atoms with van der Waals surface area (Å²) in [4.78, 5) is 38.2. The van der Waals surface area contributed by atoms with Gasteiger partial charge >= 0.3 is 0 Å². The van der Waals surface area contributed by atoms with E-state index in [1.54, 1.807) is 19.3 Å². The first-order chi connectivity index (χ1) is 13.6. The van der Waals surface area contributed by atoms with Gasteiger partial charge in [0.1, 0.15) is 5.82 Å². The zero-order chi connectivity index (χ0) is 19.5. The number of hydrogen-bond acceptors (Lipinski definition) is 8. The maximum absolute atomic E-state index is 11.5. The van der Waals surface area contributed by atoms with E-state index in [0.717, 1.165) is 75.8 Å². The van der Waals surface area contributed by atoms with Crippen molar-refractivity contribution in [2.24, 2.45) is 0 Å². The molecule has 0 radical (unpaired) electrons. The highest BCUT2D eigenvalue weighted by Crippen LogP contribution is 2.21. The van der Waals surface area contributed by atoms with E-state index in [-0.39, 0.29) is 5.91 Å². The van der Waals surface area contributed by atoms with E-state index in [9.17, 15) is 4.79 Å². The molecule has 2 aromatic rings. The van der Waals surface area contributed by atoms with Gasteiger partial charge in [-0.25, -0.2) is 15.0 Å². The molecule has 0 saturated carbocycles. The van der Waals surface area contributed by atoms with Crippen molar-refractivity contribution in [1.82, 2.24) is 24.8 Å². The largest absolute Gasteiger partial charge is 0.353 e. The fourth-order valence-corrected chi connectivity index (χ4v) is 3.65. The van der Waals surface area contributed by atoms with Crippen LogP contribution in [0.3, 0.4) is 0 Å². The zero-order valence-corrected chi connectivity index (χ0v) is 16.5. The molecular weight excluding hydrogens is 356 g/mol. The third kappa shape index (κ3) is 3.97. The Bertz CT molecular complexity index is 814. The highest BCUT2D eigenvalue weighted by atomic mass is 16.2. The number of anilines is 3. The maximum atomic E-state index is 11.5. The first kappa shape index (κ1) is 18.4. The summed E-state index contributed by atoms with van der Waals surface area (Å²) in [5.41, 5.74) is 0.961. The first-order valence-electron chi connectivity index (χ1n) is 9.73. The smallest absolute Gasteiger partial charge is 0.227 e. The Balaban J connectivity index is 1.43. The van der Waals surface area contributed by atoms with Crippen LogP contribution in [0.1, 0.15) is 12.6 Å². The number of rotatable bonds is 3. The van der Waals surface area contributed by atoms with Crippen molar-refractivity contribution >= 4 is 23.6 Å². The average molecular weight is 382 g/mol. The minimum atomic E-state index is 0.130. The van der Waals surface area contributed by atoms with E-state index < -0.39 is 0 Å². The zero-order valence-electron chi connectivity index (χ0n) is 16.5. The average Bonchev–Trinajstić information content (AvgIpc) is 2.74. The van der Waals surface area contributed by atoms with Gasteiger partial charge in [0, 0.05) is 83.4 Å². The molecule has 0 bridgehead atoms. The van der Waals surface area contributed by atoms with Crippen LogP contribution in [-0.2, 0) is 4.79 Å². The lowest BCUT2D eigenvalue weighted by Crippen LogP contribution is -2.49. The van der Waals surface area contributed by atoms with Crippen LogP contribution in [0.15, 0.2) is 24.5 Å². The molecule has 0 spiro atoms.